The molecule has 2 saturated heterocycles. The molecule has 7 N–H and O–H groups in total. The van der Waals surface area contributed by atoms with Crippen molar-refractivity contribution in [2.24, 2.45) is 16.8 Å². The summed E-state index contributed by atoms with van der Waals surface area (Å²) in [5.41, 5.74) is 9.24. The van der Waals surface area contributed by atoms with Gasteiger partial charge in [0.2, 0.25) is 15.8 Å². The number of likely N-dealkylation sites (tertiary alicyclic amines) is 1. The zero-order valence-corrected chi connectivity index (χ0v) is 20.1. The maximum atomic E-state index is 12.9. The fourth-order valence-corrected chi connectivity index (χ4v) is 6.06. The van der Waals surface area contributed by atoms with Crippen LogP contribution >= 0.6 is 0 Å². The van der Waals surface area contributed by atoms with Crippen LogP contribution in [0.4, 0.5) is 0 Å². The summed E-state index contributed by atoms with van der Waals surface area (Å²) in [6, 6.07) is 11.8. The minimum Gasteiger partial charge on any atom is -0.370 e. The molecule has 0 bridgehead atoms. The number of piperidine rings is 1. The first kappa shape index (κ1) is 23.4. The molecule has 2 aliphatic heterocycles. The summed E-state index contributed by atoms with van der Waals surface area (Å²) < 4.78 is 25.8. The summed E-state index contributed by atoms with van der Waals surface area (Å²) in [5, 5.41) is 31.0. The molecule has 3 aromatic rings. The molecular formula is C23H29N9O2S. The van der Waals surface area contributed by atoms with Crippen molar-refractivity contribution < 1.29 is 8.42 Å². The molecule has 5 rings (SSSR count). The highest BCUT2D eigenvalue weighted by molar-refractivity contribution is 7.89. The Balaban J connectivity index is 1.55. The highest BCUT2D eigenvalue weighted by Gasteiger charge is 2.30. The number of benzene rings is 2. The molecule has 0 saturated carbocycles. The summed E-state index contributed by atoms with van der Waals surface area (Å²) in [4.78, 5) is 1.88. The first-order valence-electron chi connectivity index (χ1n) is 11.6. The number of tetrazole rings is 1. The fourth-order valence-electron chi connectivity index (χ4n) is 5.06. The van der Waals surface area contributed by atoms with Crippen molar-refractivity contribution in [1.82, 2.24) is 30.8 Å². The molecule has 0 unspecified atom stereocenters. The number of rotatable bonds is 6. The van der Waals surface area contributed by atoms with E-state index in [0.717, 1.165) is 37.1 Å². The van der Waals surface area contributed by atoms with Crippen LogP contribution in [0.1, 0.15) is 29.9 Å². The number of hydrogen-bond donors (Lipinski definition) is 5. The fraction of sp³-hybridized carbons (Fsp3) is 0.391. The Bertz CT molecular complexity index is 1310. The predicted molar refractivity (Wildman–Crippen MR) is 132 cm³/mol. The number of guanidine groups is 1. The van der Waals surface area contributed by atoms with E-state index in [2.05, 4.69) is 25.9 Å². The number of aromatic nitrogens is 4. The average molecular weight is 496 g/mol. The zero-order chi connectivity index (χ0) is 24.6. The summed E-state index contributed by atoms with van der Waals surface area (Å²) in [7, 11) is -4.08. The van der Waals surface area contributed by atoms with E-state index in [1.54, 1.807) is 0 Å². The van der Waals surface area contributed by atoms with Gasteiger partial charge in [0, 0.05) is 19.0 Å². The number of nitrogens with one attached hydrogen (secondary N) is 3. The van der Waals surface area contributed by atoms with Crippen molar-refractivity contribution in [3.63, 3.8) is 0 Å². The molecule has 35 heavy (non-hydrogen) atoms. The van der Waals surface area contributed by atoms with Crippen molar-refractivity contribution in [3.8, 4) is 22.5 Å². The van der Waals surface area contributed by atoms with E-state index >= 15 is 0 Å². The Hall–Kier alpha value is -3.35. The van der Waals surface area contributed by atoms with Crippen LogP contribution in [0.25, 0.3) is 22.5 Å². The molecule has 184 valence electrons. The van der Waals surface area contributed by atoms with Crippen molar-refractivity contribution >= 4 is 16.0 Å². The first-order valence-corrected chi connectivity index (χ1v) is 13.2. The molecule has 3 heterocycles. The lowest BCUT2D eigenvalue weighted by Crippen LogP contribution is -2.51. The smallest absolute Gasteiger partial charge is 0.239 e. The lowest BCUT2D eigenvalue weighted by atomic mass is 9.87. The van der Waals surface area contributed by atoms with Gasteiger partial charge < -0.3 is 16.0 Å². The Morgan fingerprint density at radius 2 is 1.83 bits per heavy atom. The Kier molecular flexibility index (Phi) is 6.26. The van der Waals surface area contributed by atoms with Crippen LogP contribution < -0.4 is 16.2 Å². The van der Waals surface area contributed by atoms with Crippen LogP contribution in [0.5, 0.6) is 0 Å². The van der Waals surface area contributed by atoms with E-state index in [-0.39, 0.29) is 16.7 Å². The minimum absolute atomic E-state index is 0.0649. The summed E-state index contributed by atoms with van der Waals surface area (Å²) in [6.07, 6.45) is 2.58. The maximum Gasteiger partial charge on any atom is 0.239 e. The van der Waals surface area contributed by atoms with Crippen LogP contribution in [-0.4, -0.2) is 66.1 Å². The van der Waals surface area contributed by atoms with Gasteiger partial charge in [-0.3, -0.25) is 5.41 Å². The van der Waals surface area contributed by atoms with E-state index in [9.17, 15) is 8.42 Å². The topological polar surface area (TPSA) is 180 Å². The monoisotopic (exact) mass is 495 g/mol. The van der Waals surface area contributed by atoms with Crippen LogP contribution in [0.15, 0.2) is 41.3 Å². The largest absolute Gasteiger partial charge is 0.370 e. The number of H-pyrrole nitrogens is 1. The van der Waals surface area contributed by atoms with Gasteiger partial charge in [-0.2, -0.15) is 5.21 Å². The van der Waals surface area contributed by atoms with Gasteiger partial charge in [-0.1, -0.05) is 36.4 Å². The Morgan fingerprint density at radius 3 is 2.43 bits per heavy atom. The van der Waals surface area contributed by atoms with Crippen molar-refractivity contribution in [3.05, 3.63) is 47.5 Å². The van der Waals surface area contributed by atoms with Crippen molar-refractivity contribution in [1.29, 1.82) is 5.41 Å². The predicted octanol–water partition coefficient (Wildman–Crippen LogP) is 1.02. The summed E-state index contributed by atoms with van der Waals surface area (Å²) >= 11 is 0. The van der Waals surface area contributed by atoms with Crippen molar-refractivity contribution in [2.45, 2.75) is 30.1 Å². The number of nitrogens with zero attached hydrogens (tertiary/aromatic N) is 4. The summed E-state index contributed by atoms with van der Waals surface area (Å²) in [6.45, 7) is 3.26. The van der Waals surface area contributed by atoms with E-state index < -0.39 is 10.0 Å². The third-order valence-electron chi connectivity index (χ3n) is 6.98. The molecule has 0 atom stereocenters. The van der Waals surface area contributed by atoms with Gasteiger partial charge in [-0.15, -0.1) is 10.2 Å². The number of hydrogen-bond acceptors (Lipinski definition) is 7. The third kappa shape index (κ3) is 4.77. The van der Waals surface area contributed by atoms with Crippen LogP contribution in [0, 0.1) is 11.3 Å². The van der Waals surface area contributed by atoms with E-state index in [1.165, 1.54) is 0 Å². The van der Waals surface area contributed by atoms with Crippen LogP contribution in [0.3, 0.4) is 0 Å². The summed E-state index contributed by atoms with van der Waals surface area (Å²) in [5.74, 6) is 0.952. The van der Waals surface area contributed by atoms with E-state index in [4.69, 9.17) is 16.3 Å². The SMILES string of the molecule is N=C(N)N1CC(c2ccc(-c3ccc(CC4CCNCC4)c(S(N)(=O)=O)c3-c3nn[nH]n3)cc2)C1. The third-order valence-corrected chi connectivity index (χ3v) is 8.01. The van der Waals surface area contributed by atoms with Gasteiger partial charge in [0.25, 0.3) is 0 Å². The highest BCUT2D eigenvalue weighted by atomic mass is 32.2. The molecule has 2 aliphatic rings. The number of primary sulfonamides is 1. The molecule has 0 aliphatic carbocycles. The average Bonchev–Trinajstić information content (AvgIpc) is 3.33. The van der Waals surface area contributed by atoms with Gasteiger partial charge in [-0.05, 0) is 65.7 Å². The molecule has 12 heteroatoms. The van der Waals surface area contributed by atoms with Crippen LogP contribution in [0.2, 0.25) is 0 Å². The second-order valence-electron chi connectivity index (χ2n) is 9.26. The Labute approximate surface area is 203 Å². The molecule has 11 nitrogen and oxygen atoms in total. The minimum atomic E-state index is -4.08. The highest BCUT2D eigenvalue weighted by Crippen LogP contribution is 2.39. The molecule has 1 aromatic heterocycles. The molecular weight excluding hydrogens is 466 g/mol. The standard InChI is InChI=1S/C23H29N9O2S/c24-23(25)32-12-18(13-32)15-1-3-16(4-2-15)19-6-5-17(11-14-7-9-27-10-8-14)21(35(26,33)34)20(19)22-28-30-31-29-22/h1-6,14,18,27H,7-13H2,(H3,24,25)(H2,26,33,34)(H,28,29,30,31). The molecule has 0 radical (unpaired) electrons. The van der Waals surface area contributed by atoms with Gasteiger partial charge >= 0.3 is 0 Å². The zero-order valence-electron chi connectivity index (χ0n) is 19.2. The molecule has 2 fully saturated rings. The Morgan fingerprint density at radius 1 is 1.11 bits per heavy atom. The molecule has 0 amide bonds. The second-order valence-corrected chi connectivity index (χ2v) is 10.8. The second kappa shape index (κ2) is 9.36. The lowest BCUT2D eigenvalue weighted by Gasteiger charge is -2.39. The van der Waals surface area contributed by atoms with Gasteiger partial charge in [0.15, 0.2) is 5.96 Å². The number of sulfonamides is 1. The van der Waals surface area contributed by atoms with Crippen molar-refractivity contribution in [2.75, 3.05) is 26.2 Å². The van der Waals surface area contributed by atoms with Gasteiger partial charge in [-0.25, -0.2) is 13.6 Å². The van der Waals surface area contributed by atoms with Gasteiger partial charge in [0.05, 0.1) is 10.5 Å². The lowest BCUT2D eigenvalue weighted by molar-refractivity contribution is 0.248. The van der Waals surface area contributed by atoms with E-state index in [0.29, 0.717) is 48.0 Å². The normalized spacial score (nSPS) is 17.3. The van der Waals surface area contributed by atoms with Gasteiger partial charge in [0.1, 0.15) is 0 Å². The number of aromatic amines is 1. The van der Waals surface area contributed by atoms with Crippen LogP contribution in [-0.2, 0) is 16.4 Å². The molecule has 0 spiro atoms. The quantitative estimate of drug-likeness (QED) is 0.248. The first-order chi connectivity index (χ1) is 16.8. The number of nitrogens with two attached hydrogens (primary N) is 2. The maximum absolute atomic E-state index is 12.9. The van der Waals surface area contributed by atoms with E-state index in [1.807, 2.05) is 41.3 Å². The molecule has 2 aromatic carbocycles.